The second kappa shape index (κ2) is 14.7. The van der Waals surface area contributed by atoms with Crippen LogP contribution >= 0.6 is 0 Å². The van der Waals surface area contributed by atoms with Crippen molar-refractivity contribution >= 4 is 11.9 Å². The molecular weight excluding hydrogens is 586 g/mol. The van der Waals surface area contributed by atoms with E-state index in [9.17, 15) is 19.8 Å². The van der Waals surface area contributed by atoms with Crippen molar-refractivity contribution in [1.29, 1.82) is 0 Å². The van der Waals surface area contributed by atoms with Gasteiger partial charge in [0.05, 0.1) is 24.2 Å². The fraction of sp³-hybridized carbons (Fsp3) is 0.730. The molecule has 0 radical (unpaired) electrons. The minimum Gasteiger partial charge on any atom is -0.466 e. The van der Waals surface area contributed by atoms with Gasteiger partial charge in [-0.05, 0) is 101 Å². The van der Waals surface area contributed by atoms with Crippen molar-refractivity contribution in [2.75, 3.05) is 26.5 Å². The number of rotatable bonds is 16. The van der Waals surface area contributed by atoms with Gasteiger partial charge in [-0.15, -0.1) is 0 Å². The summed E-state index contributed by atoms with van der Waals surface area (Å²) in [5, 5.41) is 22.2. The van der Waals surface area contributed by atoms with Crippen molar-refractivity contribution in [2.45, 2.75) is 146 Å². The van der Waals surface area contributed by atoms with E-state index in [4.69, 9.17) is 18.9 Å². The van der Waals surface area contributed by atoms with Gasteiger partial charge in [-0.3, -0.25) is 9.69 Å². The van der Waals surface area contributed by atoms with Crippen LogP contribution in [0.25, 0.3) is 0 Å². The van der Waals surface area contributed by atoms with E-state index in [1.54, 1.807) is 13.8 Å². The first-order valence-electron chi connectivity index (χ1n) is 17.6. The summed E-state index contributed by atoms with van der Waals surface area (Å²) >= 11 is 0. The quantitative estimate of drug-likeness (QED) is 0.125. The van der Waals surface area contributed by atoms with Crippen LogP contribution in [0.5, 0.6) is 11.5 Å². The van der Waals surface area contributed by atoms with E-state index in [1.165, 1.54) is 25.7 Å². The number of carbonyl (C=O) groups excluding carboxylic acids is 2. The van der Waals surface area contributed by atoms with E-state index in [2.05, 4.69) is 30.0 Å². The normalized spacial score (nSPS) is 24.8. The molecule has 4 atom stereocenters. The van der Waals surface area contributed by atoms with Crippen LogP contribution in [0.4, 0.5) is 0 Å². The first-order chi connectivity index (χ1) is 22.0. The third kappa shape index (κ3) is 7.74. The number of hydrogen-bond donors (Lipinski definition) is 2. The van der Waals surface area contributed by atoms with Gasteiger partial charge >= 0.3 is 11.9 Å². The number of esters is 2. The van der Waals surface area contributed by atoms with Gasteiger partial charge in [0.2, 0.25) is 6.79 Å². The van der Waals surface area contributed by atoms with Gasteiger partial charge in [0.25, 0.3) is 0 Å². The standard InChI is InChI=1S/C37H55NO8/c1-5-6-7-8-9-10-11-20-43-31(39)24-37(42,17-12-15-35(3,4)41)34(40)46-33-26(2)23-36-16-13-18-38(36)19-14-27-21-29-30(45-25-44-29)22-28(27)32(33)36/h21-23,32-33,41-42H,5-20,24-25H2,1-4H3/t32-,33?,36?,37-/m1/s1. The molecule has 0 amide bonds. The molecule has 0 aromatic heterocycles. The first kappa shape index (κ1) is 34.7. The molecule has 1 aromatic rings. The van der Waals surface area contributed by atoms with Crippen molar-refractivity contribution in [3.05, 3.63) is 34.9 Å². The summed E-state index contributed by atoms with van der Waals surface area (Å²) < 4.78 is 23.3. The first-order valence-corrected chi connectivity index (χ1v) is 17.6. The monoisotopic (exact) mass is 641 g/mol. The Bertz CT molecular complexity index is 1270. The van der Waals surface area contributed by atoms with Crippen LogP contribution in [0.1, 0.15) is 128 Å². The number of hydrogen-bond acceptors (Lipinski definition) is 9. The molecular formula is C37H55NO8. The summed E-state index contributed by atoms with van der Waals surface area (Å²) in [5.74, 6) is -0.180. The molecule has 2 N–H and O–H groups in total. The number of ether oxygens (including phenoxy) is 4. The van der Waals surface area contributed by atoms with Crippen LogP contribution in [0.15, 0.2) is 23.8 Å². The van der Waals surface area contributed by atoms with Crippen molar-refractivity contribution in [3.63, 3.8) is 0 Å². The van der Waals surface area contributed by atoms with Gasteiger partial charge in [0.15, 0.2) is 17.1 Å². The van der Waals surface area contributed by atoms with Crippen LogP contribution in [-0.4, -0.2) is 76.4 Å². The Kier molecular flexibility index (Phi) is 11.1. The van der Waals surface area contributed by atoms with Crippen LogP contribution in [0, 0.1) is 0 Å². The predicted molar refractivity (Wildman–Crippen MR) is 175 cm³/mol. The molecule has 3 heterocycles. The zero-order chi connectivity index (χ0) is 33.0. The lowest BCUT2D eigenvalue weighted by molar-refractivity contribution is -0.178. The molecule has 256 valence electrons. The highest BCUT2D eigenvalue weighted by molar-refractivity contribution is 5.86. The predicted octanol–water partition coefficient (Wildman–Crippen LogP) is 6.12. The highest BCUT2D eigenvalue weighted by Crippen LogP contribution is 2.55. The van der Waals surface area contributed by atoms with Crippen molar-refractivity contribution < 1.29 is 38.7 Å². The zero-order valence-corrected chi connectivity index (χ0v) is 28.4. The maximum Gasteiger partial charge on any atom is 0.339 e. The Morgan fingerprint density at radius 3 is 2.46 bits per heavy atom. The Balaban J connectivity index is 1.32. The SMILES string of the molecule is CCCCCCCCCOC(=O)C[C@](O)(CCCC(C)(C)O)C(=O)OC1C(C)=CC23CCCN2CCc2cc4c(cc2[C@H]13)OCO4. The molecule has 1 saturated heterocycles. The molecule has 9 heteroatoms. The summed E-state index contributed by atoms with van der Waals surface area (Å²) in [6.07, 6.45) is 12.4. The average Bonchev–Trinajstić information content (AvgIpc) is 3.67. The highest BCUT2D eigenvalue weighted by atomic mass is 16.7. The Morgan fingerprint density at radius 2 is 1.72 bits per heavy atom. The van der Waals surface area contributed by atoms with E-state index in [1.807, 2.05) is 6.92 Å². The van der Waals surface area contributed by atoms with E-state index < -0.39 is 35.7 Å². The van der Waals surface area contributed by atoms with Crippen LogP contribution in [0.3, 0.4) is 0 Å². The fourth-order valence-electron chi connectivity index (χ4n) is 8.04. The summed E-state index contributed by atoms with van der Waals surface area (Å²) in [4.78, 5) is 29.6. The second-order valence-electron chi connectivity index (χ2n) is 14.6. The van der Waals surface area contributed by atoms with Gasteiger partial charge in [-0.1, -0.05) is 51.5 Å². The Hall–Kier alpha value is -2.62. The summed E-state index contributed by atoms with van der Waals surface area (Å²) in [6.45, 7) is 9.87. The number of aliphatic hydroxyl groups is 2. The molecule has 0 saturated carbocycles. The maximum absolute atomic E-state index is 14.1. The molecule has 1 fully saturated rings. The number of unbranched alkanes of at least 4 members (excludes halogenated alkanes) is 6. The number of fused-ring (bicyclic) bond motifs is 3. The van der Waals surface area contributed by atoms with Crippen LogP contribution < -0.4 is 9.47 Å². The number of carbonyl (C=O) groups is 2. The van der Waals surface area contributed by atoms with E-state index in [0.29, 0.717) is 18.6 Å². The van der Waals surface area contributed by atoms with Crippen LogP contribution in [0.2, 0.25) is 0 Å². The molecule has 46 heavy (non-hydrogen) atoms. The van der Waals surface area contributed by atoms with E-state index >= 15 is 0 Å². The van der Waals surface area contributed by atoms with Gasteiger partial charge in [-0.2, -0.15) is 0 Å². The summed E-state index contributed by atoms with van der Waals surface area (Å²) in [7, 11) is 0. The maximum atomic E-state index is 14.1. The topological polar surface area (TPSA) is 115 Å². The highest BCUT2D eigenvalue weighted by Gasteiger charge is 2.57. The van der Waals surface area contributed by atoms with Crippen molar-refractivity contribution in [3.8, 4) is 11.5 Å². The molecule has 2 unspecified atom stereocenters. The van der Waals surface area contributed by atoms with E-state index in [-0.39, 0.29) is 31.3 Å². The molecule has 1 aliphatic carbocycles. The lowest BCUT2D eigenvalue weighted by atomic mass is 9.77. The Labute approximate surface area is 274 Å². The lowest BCUT2D eigenvalue weighted by Gasteiger charge is -2.40. The number of benzene rings is 1. The molecule has 1 aromatic carbocycles. The summed E-state index contributed by atoms with van der Waals surface area (Å²) in [6, 6.07) is 4.12. The van der Waals surface area contributed by atoms with Gasteiger partial charge < -0.3 is 29.2 Å². The molecule has 0 bridgehead atoms. The van der Waals surface area contributed by atoms with E-state index in [0.717, 1.165) is 74.1 Å². The molecule has 3 aliphatic heterocycles. The molecule has 4 aliphatic rings. The average molecular weight is 642 g/mol. The minimum absolute atomic E-state index is 0.0188. The lowest BCUT2D eigenvalue weighted by Crippen LogP contribution is -2.49. The third-order valence-electron chi connectivity index (χ3n) is 10.4. The second-order valence-corrected chi connectivity index (χ2v) is 14.6. The zero-order valence-electron chi connectivity index (χ0n) is 28.4. The molecule has 1 spiro atoms. The molecule has 9 nitrogen and oxygen atoms in total. The summed E-state index contributed by atoms with van der Waals surface area (Å²) in [5.41, 5.74) is -0.169. The fourth-order valence-corrected chi connectivity index (χ4v) is 8.04. The van der Waals surface area contributed by atoms with Gasteiger partial charge in [-0.25, -0.2) is 4.79 Å². The smallest absolute Gasteiger partial charge is 0.339 e. The van der Waals surface area contributed by atoms with Crippen molar-refractivity contribution in [2.24, 2.45) is 0 Å². The van der Waals surface area contributed by atoms with Crippen LogP contribution in [-0.2, 0) is 25.5 Å². The minimum atomic E-state index is -2.07. The van der Waals surface area contributed by atoms with Gasteiger partial charge in [0.1, 0.15) is 6.10 Å². The number of nitrogens with zero attached hydrogens (tertiary/aromatic N) is 1. The van der Waals surface area contributed by atoms with Gasteiger partial charge in [0, 0.05) is 12.5 Å². The molecule has 5 rings (SSSR count). The Morgan fingerprint density at radius 1 is 1.00 bits per heavy atom. The largest absolute Gasteiger partial charge is 0.466 e. The third-order valence-corrected chi connectivity index (χ3v) is 10.4. The van der Waals surface area contributed by atoms with Crippen molar-refractivity contribution in [1.82, 2.24) is 4.90 Å².